The van der Waals surface area contributed by atoms with Gasteiger partial charge in [0.25, 0.3) is 0 Å². The van der Waals surface area contributed by atoms with Crippen LogP contribution >= 0.6 is 0 Å². The number of rotatable bonds is 12. The van der Waals surface area contributed by atoms with E-state index in [-0.39, 0.29) is 28.1 Å². The molecule has 260 valence electrons. The molecule has 0 radical (unpaired) electrons. The summed E-state index contributed by atoms with van der Waals surface area (Å²) in [5.41, 5.74) is 0.670. The molecule has 0 spiro atoms. The third-order valence-corrected chi connectivity index (χ3v) is 10.5. The van der Waals surface area contributed by atoms with Gasteiger partial charge in [0.05, 0.1) is 13.2 Å². The molecular weight excluding hydrogens is 556 g/mol. The first-order valence-corrected chi connectivity index (χ1v) is 18.5. The van der Waals surface area contributed by atoms with Crippen molar-refractivity contribution < 1.29 is 4.74 Å². The number of piperidine rings is 2. The van der Waals surface area contributed by atoms with Crippen LogP contribution in [0.15, 0.2) is 9.98 Å². The molecular formula is C38H72N6O. The van der Waals surface area contributed by atoms with Crippen LogP contribution in [0, 0.1) is 35.0 Å². The number of unbranched alkanes of at least 4 members (excludes halogenated alkanes) is 3. The summed E-state index contributed by atoms with van der Waals surface area (Å²) in [5.74, 6) is 3.83. The van der Waals surface area contributed by atoms with Crippen molar-refractivity contribution in [2.75, 3.05) is 26.3 Å². The molecule has 0 aliphatic carbocycles. The first kappa shape index (κ1) is 38.1. The summed E-state index contributed by atoms with van der Waals surface area (Å²) in [5, 5.41) is 16.2. The molecule has 0 saturated carbocycles. The second-order valence-electron chi connectivity index (χ2n) is 17.8. The lowest BCUT2D eigenvalue weighted by Gasteiger charge is -2.48. The van der Waals surface area contributed by atoms with Crippen molar-refractivity contribution >= 4 is 18.0 Å². The highest BCUT2D eigenvalue weighted by atomic mass is 16.5. The lowest BCUT2D eigenvalue weighted by molar-refractivity contribution is 0.0676. The van der Waals surface area contributed by atoms with Gasteiger partial charge in [0.2, 0.25) is 5.96 Å². The molecule has 0 aromatic rings. The summed E-state index contributed by atoms with van der Waals surface area (Å²) in [4.78, 5) is 12.0. The molecule has 45 heavy (non-hydrogen) atoms. The Hall–Kier alpha value is -1.31. The van der Waals surface area contributed by atoms with Crippen LogP contribution < -0.4 is 10.6 Å². The fraction of sp³-hybridized carbons (Fsp3) is 0.921. The minimum Gasteiger partial charge on any atom is -0.378 e. The first-order chi connectivity index (χ1) is 20.9. The zero-order chi connectivity index (χ0) is 33.5. The smallest absolute Gasteiger partial charge is 0.226 e. The van der Waals surface area contributed by atoms with E-state index in [2.05, 4.69) is 84.1 Å². The summed E-state index contributed by atoms with van der Waals surface area (Å²) in [6.45, 7) is 28.4. The highest BCUT2D eigenvalue weighted by molar-refractivity contribution is 5.98. The highest BCUT2D eigenvalue weighted by Gasteiger charge is 2.41. The van der Waals surface area contributed by atoms with Crippen molar-refractivity contribution in [1.82, 2.24) is 15.5 Å². The summed E-state index contributed by atoms with van der Waals surface area (Å²) >= 11 is 0. The molecule has 0 aromatic heterocycles. The van der Waals surface area contributed by atoms with Gasteiger partial charge in [0, 0.05) is 47.4 Å². The van der Waals surface area contributed by atoms with Crippen LogP contribution in [0.2, 0.25) is 0 Å². The van der Waals surface area contributed by atoms with Crippen molar-refractivity contribution in [2.24, 2.45) is 39.6 Å². The Balaban J connectivity index is 1.65. The normalized spacial score (nSPS) is 25.5. The molecule has 0 amide bonds. The molecule has 3 rings (SSSR count). The molecule has 3 aliphatic rings. The van der Waals surface area contributed by atoms with Gasteiger partial charge in [-0.25, -0.2) is 4.99 Å². The Morgan fingerprint density at radius 1 is 0.800 bits per heavy atom. The Morgan fingerprint density at radius 3 is 1.78 bits per heavy atom. The van der Waals surface area contributed by atoms with Crippen molar-refractivity contribution in [2.45, 2.75) is 169 Å². The largest absolute Gasteiger partial charge is 0.378 e. The van der Waals surface area contributed by atoms with Gasteiger partial charge in [-0.05, 0) is 111 Å². The van der Waals surface area contributed by atoms with E-state index in [9.17, 15) is 0 Å². The van der Waals surface area contributed by atoms with E-state index in [1.165, 1.54) is 57.8 Å². The molecule has 7 nitrogen and oxygen atoms in total. The number of hydrogen-bond donors (Lipinski definition) is 3. The fourth-order valence-electron chi connectivity index (χ4n) is 9.13. The Kier molecular flexibility index (Phi) is 13.7. The minimum atomic E-state index is 0.0816. The number of nitrogens with one attached hydrogen (secondary N) is 3. The summed E-state index contributed by atoms with van der Waals surface area (Å²) in [6, 6.07) is 0. The molecule has 0 bridgehead atoms. The topological polar surface area (TPSA) is 85.1 Å². The number of amidine groups is 1. The predicted molar refractivity (Wildman–Crippen MR) is 194 cm³/mol. The zero-order valence-electron chi connectivity index (χ0n) is 31.3. The number of aliphatic imine (C=N–C) groups is 2. The van der Waals surface area contributed by atoms with Crippen LogP contribution in [0.1, 0.15) is 147 Å². The van der Waals surface area contributed by atoms with E-state index < -0.39 is 0 Å². The maximum atomic E-state index is 8.47. The average Bonchev–Trinajstić information content (AvgIpc) is 2.90. The maximum absolute atomic E-state index is 8.47. The molecule has 3 aliphatic heterocycles. The van der Waals surface area contributed by atoms with E-state index in [4.69, 9.17) is 20.1 Å². The highest BCUT2D eigenvalue weighted by Crippen LogP contribution is 2.41. The maximum Gasteiger partial charge on any atom is 0.226 e. The van der Waals surface area contributed by atoms with Crippen LogP contribution in [-0.2, 0) is 4.74 Å². The molecule has 0 aromatic carbocycles. The number of hydrogen-bond acceptors (Lipinski definition) is 4. The Bertz CT molecular complexity index is 958. The quantitative estimate of drug-likeness (QED) is 0.115. The van der Waals surface area contributed by atoms with Crippen molar-refractivity contribution in [1.29, 1.82) is 5.41 Å². The predicted octanol–water partition coefficient (Wildman–Crippen LogP) is 8.48. The molecule has 3 N–H and O–H groups in total. The molecule has 7 heteroatoms. The van der Waals surface area contributed by atoms with Crippen molar-refractivity contribution in [3.05, 3.63) is 0 Å². The number of nitrogens with zero attached hydrogens (tertiary/aromatic N) is 3. The number of guanidine groups is 1. The molecule has 2 unspecified atom stereocenters. The van der Waals surface area contributed by atoms with Gasteiger partial charge < -0.3 is 20.3 Å². The second kappa shape index (κ2) is 16.2. The van der Waals surface area contributed by atoms with Gasteiger partial charge in [0.15, 0.2) is 0 Å². The standard InChI is InChI=1S/C38H72N6O/c1-12-29(31-23-35(4,5)42-36(6,7)24-31)17-15-13-14-16-18-30(32-25-37(8,9)43-38(10,11)26-32)27-40-34(41-33(39)28(2)3)44-19-21-45-22-20-44/h27-32,39,42-43H,12-26H2,1-11H3/b39-33?,40-27+,41-34?. The van der Waals surface area contributed by atoms with Crippen LogP contribution in [0.4, 0.5) is 0 Å². The molecule has 3 saturated heterocycles. The lowest BCUT2D eigenvalue weighted by Crippen LogP contribution is -2.58. The van der Waals surface area contributed by atoms with Crippen molar-refractivity contribution in [3.8, 4) is 0 Å². The zero-order valence-corrected chi connectivity index (χ0v) is 31.3. The van der Waals surface area contributed by atoms with Crippen LogP contribution in [0.3, 0.4) is 0 Å². The van der Waals surface area contributed by atoms with Gasteiger partial charge in [-0.3, -0.25) is 5.41 Å². The second-order valence-corrected chi connectivity index (χ2v) is 17.8. The third-order valence-electron chi connectivity index (χ3n) is 10.5. The van der Waals surface area contributed by atoms with Gasteiger partial charge in [-0.15, -0.1) is 0 Å². The lowest BCUT2D eigenvalue weighted by atomic mass is 9.69. The van der Waals surface area contributed by atoms with E-state index in [1.54, 1.807) is 0 Å². The van der Waals surface area contributed by atoms with Gasteiger partial charge in [0.1, 0.15) is 5.84 Å². The van der Waals surface area contributed by atoms with Crippen LogP contribution in [-0.4, -0.2) is 71.4 Å². The monoisotopic (exact) mass is 629 g/mol. The SMILES string of the molecule is CCC(CCCCCCC(/C=N/C(=NC(=N)C(C)C)N1CCOCC1)C1CC(C)(C)NC(C)(C)C1)C1CC(C)(C)NC(C)(C)C1. The third kappa shape index (κ3) is 12.7. The molecule has 3 heterocycles. The van der Waals surface area contributed by atoms with Crippen LogP contribution in [0.25, 0.3) is 0 Å². The molecule has 3 fully saturated rings. The van der Waals surface area contributed by atoms with E-state index in [0.29, 0.717) is 36.8 Å². The van der Waals surface area contributed by atoms with Gasteiger partial charge >= 0.3 is 0 Å². The average molecular weight is 629 g/mol. The Morgan fingerprint density at radius 2 is 1.29 bits per heavy atom. The van der Waals surface area contributed by atoms with E-state index in [1.807, 2.05) is 13.8 Å². The number of morpholine rings is 1. The Labute approximate surface area is 278 Å². The minimum absolute atomic E-state index is 0.0816. The summed E-state index contributed by atoms with van der Waals surface area (Å²) in [7, 11) is 0. The van der Waals surface area contributed by atoms with E-state index >= 15 is 0 Å². The van der Waals surface area contributed by atoms with Crippen molar-refractivity contribution in [3.63, 3.8) is 0 Å². The molecule has 2 atom stereocenters. The van der Waals surface area contributed by atoms with Gasteiger partial charge in [-0.2, -0.15) is 4.99 Å². The number of ether oxygens (including phenoxy) is 1. The summed E-state index contributed by atoms with van der Waals surface area (Å²) in [6.07, 6.45) is 16.2. The van der Waals surface area contributed by atoms with E-state index in [0.717, 1.165) is 37.8 Å². The first-order valence-electron chi connectivity index (χ1n) is 18.5. The van der Waals surface area contributed by atoms with Crippen LogP contribution in [0.5, 0.6) is 0 Å². The fourth-order valence-corrected chi connectivity index (χ4v) is 9.13. The summed E-state index contributed by atoms with van der Waals surface area (Å²) < 4.78 is 5.62. The van der Waals surface area contributed by atoms with Gasteiger partial charge in [-0.1, -0.05) is 59.3 Å².